The maximum atomic E-state index is 13.1. The van der Waals surface area contributed by atoms with Crippen LogP contribution in [-0.2, 0) is 23.8 Å². The average Bonchev–Trinajstić information content (AvgIpc) is 3.49. The normalized spacial score (nSPS) is 18.5. The fourth-order valence-corrected chi connectivity index (χ4v) is 10.9. The van der Waals surface area contributed by atoms with Crippen LogP contribution in [0.1, 0.15) is 335 Å². The molecule has 6 N–H and O–H groups in total. The second kappa shape index (κ2) is 57.9. The summed E-state index contributed by atoms with van der Waals surface area (Å²) >= 11 is 0. The monoisotopic (exact) mass is 1120 g/mol. The van der Waals surface area contributed by atoms with Crippen molar-refractivity contribution in [3.63, 3.8) is 0 Å². The molecule has 1 heterocycles. The van der Waals surface area contributed by atoms with Gasteiger partial charge in [-0.05, 0) is 44.9 Å². The van der Waals surface area contributed by atoms with E-state index in [1.165, 1.54) is 250 Å². The van der Waals surface area contributed by atoms with E-state index < -0.39 is 49.5 Å². The molecular formula is C68H129NO10. The summed E-state index contributed by atoms with van der Waals surface area (Å²) in [4.78, 5) is 25.1. The van der Waals surface area contributed by atoms with Gasteiger partial charge in [-0.1, -0.05) is 301 Å². The first-order chi connectivity index (χ1) is 38.7. The number of carbonyl (C=O) groups excluding carboxylic acids is 2. The number of rotatable bonds is 60. The van der Waals surface area contributed by atoms with Crippen molar-refractivity contribution in [3.05, 3.63) is 24.3 Å². The van der Waals surface area contributed by atoms with Gasteiger partial charge < -0.3 is 45.1 Å². The lowest BCUT2D eigenvalue weighted by atomic mass is 9.99. The van der Waals surface area contributed by atoms with Gasteiger partial charge in [-0.2, -0.15) is 0 Å². The van der Waals surface area contributed by atoms with Gasteiger partial charge in [-0.15, -0.1) is 0 Å². The maximum absolute atomic E-state index is 13.1. The lowest BCUT2D eigenvalue weighted by molar-refractivity contribution is -0.302. The molecule has 11 nitrogen and oxygen atoms in total. The zero-order chi connectivity index (χ0) is 57.3. The Morgan fingerprint density at radius 1 is 0.456 bits per heavy atom. The summed E-state index contributed by atoms with van der Waals surface area (Å²) < 4.78 is 16.7. The summed E-state index contributed by atoms with van der Waals surface area (Å²) in [6.07, 6.45) is 61.6. The summed E-state index contributed by atoms with van der Waals surface area (Å²) in [5, 5.41) is 54.4. The minimum absolute atomic E-state index is 0.00833. The highest BCUT2D eigenvalue weighted by atomic mass is 16.7. The third kappa shape index (κ3) is 47.2. The zero-order valence-corrected chi connectivity index (χ0v) is 51.6. The van der Waals surface area contributed by atoms with Crippen LogP contribution >= 0.6 is 0 Å². The molecule has 7 atom stereocenters. The second-order valence-electron chi connectivity index (χ2n) is 23.9. The highest BCUT2D eigenvalue weighted by Gasteiger charge is 2.44. The molecule has 0 aromatic rings. The number of allylic oxidation sites excluding steroid dienone is 3. The predicted molar refractivity (Wildman–Crippen MR) is 329 cm³/mol. The van der Waals surface area contributed by atoms with Gasteiger partial charge in [-0.25, -0.2) is 0 Å². The molecule has 0 spiro atoms. The van der Waals surface area contributed by atoms with Crippen LogP contribution in [0.25, 0.3) is 0 Å². The van der Waals surface area contributed by atoms with E-state index in [0.29, 0.717) is 19.4 Å². The lowest BCUT2D eigenvalue weighted by Crippen LogP contribution is -2.60. The predicted octanol–water partition coefficient (Wildman–Crippen LogP) is 16.8. The molecule has 7 unspecified atom stereocenters. The van der Waals surface area contributed by atoms with Gasteiger partial charge in [0, 0.05) is 12.8 Å². The molecule has 0 aromatic carbocycles. The molecule has 0 aromatic heterocycles. The Labute approximate surface area is 486 Å². The Hall–Kier alpha value is -1.86. The number of hydrogen-bond acceptors (Lipinski definition) is 10. The SMILES string of the molecule is CCCCCCCCC/C=C/CC/C=C/C(O)C(COC1OC(CO)C(O)C(O)C1O)NC(=O)CCCCCCCCCCCCCCCCCCCCCCCCCCCCCOC(=O)CCCCCCCCCCCCC. The van der Waals surface area contributed by atoms with Crippen LogP contribution in [0.3, 0.4) is 0 Å². The standard InChI is InChI=1S/C68H129NO10/c1-3-5-7-9-11-13-15-31-35-38-42-46-50-54-61(71)60(59-78-68-67(76)66(75)65(74)62(58-70)79-68)69-63(72)55-51-47-43-39-36-32-29-27-25-23-21-19-17-16-18-20-22-24-26-28-30-33-37-41-45-49-53-57-77-64(73)56-52-48-44-40-34-14-12-10-8-6-4-2/h35,38,50,54,60-62,65-68,70-71,74-76H,3-34,36-37,39-49,51-53,55-59H2,1-2H3,(H,69,72)/b38-35+,54-50+. The van der Waals surface area contributed by atoms with Gasteiger partial charge in [0.1, 0.15) is 24.4 Å². The maximum Gasteiger partial charge on any atom is 0.305 e. The Bertz CT molecular complexity index is 1360. The van der Waals surface area contributed by atoms with Crippen molar-refractivity contribution < 1.29 is 49.3 Å². The summed E-state index contributed by atoms with van der Waals surface area (Å²) in [6.45, 7) is 4.35. The van der Waals surface area contributed by atoms with E-state index in [9.17, 15) is 35.1 Å². The second-order valence-corrected chi connectivity index (χ2v) is 23.9. The van der Waals surface area contributed by atoms with Crippen molar-refractivity contribution in [2.75, 3.05) is 19.8 Å². The summed E-state index contributed by atoms with van der Waals surface area (Å²) in [7, 11) is 0. The van der Waals surface area contributed by atoms with Crippen molar-refractivity contribution >= 4 is 11.9 Å². The number of hydrogen-bond donors (Lipinski definition) is 6. The first kappa shape index (κ1) is 75.2. The van der Waals surface area contributed by atoms with Crippen LogP contribution in [0, 0.1) is 0 Å². The molecule has 1 aliphatic rings. The van der Waals surface area contributed by atoms with E-state index >= 15 is 0 Å². The number of ether oxygens (including phenoxy) is 3. The van der Waals surface area contributed by atoms with Crippen LogP contribution in [0.15, 0.2) is 24.3 Å². The molecule has 79 heavy (non-hydrogen) atoms. The van der Waals surface area contributed by atoms with Crippen molar-refractivity contribution in [2.45, 2.75) is 378 Å². The van der Waals surface area contributed by atoms with E-state index in [-0.39, 0.29) is 18.5 Å². The van der Waals surface area contributed by atoms with Crippen LogP contribution in [0.4, 0.5) is 0 Å². The average molecular weight is 1120 g/mol. The molecule has 1 amide bonds. The number of nitrogens with one attached hydrogen (secondary N) is 1. The molecule has 0 aliphatic carbocycles. The van der Waals surface area contributed by atoms with Gasteiger partial charge >= 0.3 is 5.97 Å². The smallest absolute Gasteiger partial charge is 0.305 e. The highest BCUT2D eigenvalue weighted by molar-refractivity contribution is 5.76. The quantitative estimate of drug-likeness (QED) is 0.0195. The highest BCUT2D eigenvalue weighted by Crippen LogP contribution is 2.23. The van der Waals surface area contributed by atoms with Crippen LogP contribution in [-0.4, -0.2) is 100 Å². The molecule has 1 rings (SSSR count). The summed E-state index contributed by atoms with van der Waals surface area (Å²) in [6, 6.07) is -0.825. The van der Waals surface area contributed by atoms with Crippen molar-refractivity contribution in [2.24, 2.45) is 0 Å². The summed E-state index contributed by atoms with van der Waals surface area (Å²) in [5.74, 6) is -0.179. The summed E-state index contributed by atoms with van der Waals surface area (Å²) in [5.41, 5.74) is 0. The molecule has 0 radical (unpaired) electrons. The fourth-order valence-electron chi connectivity index (χ4n) is 10.9. The molecule has 1 aliphatic heterocycles. The molecule has 0 bridgehead atoms. The van der Waals surface area contributed by atoms with Gasteiger partial charge in [0.2, 0.25) is 5.91 Å². The fraction of sp³-hybridized carbons (Fsp3) is 0.912. The number of aliphatic hydroxyl groups excluding tert-OH is 5. The van der Waals surface area contributed by atoms with E-state index in [1.807, 2.05) is 6.08 Å². The Morgan fingerprint density at radius 2 is 0.823 bits per heavy atom. The van der Waals surface area contributed by atoms with E-state index in [4.69, 9.17) is 14.2 Å². The van der Waals surface area contributed by atoms with Crippen LogP contribution < -0.4 is 5.32 Å². The number of esters is 1. The van der Waals surface area contributed by atoms with E-state index in [0.717, 1.165) is 57.8 Å². The number of aliphatic hydroxyl groups is 5. The first-order valence-corrected chi connectivity index (χ1v) is 34.1. The molecule has 1 saturated heterocycles. The van der Waals surface area contributed by atoms with Crippen molar-refractivity contribution in [1.29, 1.82) is 0 Å². The van der Waals surface area contributed by atoms with Gasteiger partial charge in [0.15, 0.2) is 6.29 Å². The third-order valence-electron chi connectivity index (χ3n) is 16.3. The minimum atomic E-state index is -1.57. The number of unbranched alkanes of at least 4 members (excludes halogenated alkanes) is 44. The molecule has 1 fully saturated rings. The Morgan fingerprint density at radius 3 is 1.25 bits per heavy atom. The van der Waals surface area contributed by atoms with Crippen molar-refractivity contribution in [1.82, 2.24) is 5.32 Å². The first-order valence-electron chi connectivity index (χ1n) is 34.1. The Kier molecular flexibility index (Phi) is 55.1. The number of amides is 1. The van der Waals surface area contributed by atoms with Crippen LogP contribution in [0.5, 0.6) is 0 Å². The zero-order valence-electron chi connectivity index (χ0n) is 51.6. The molecule has 11 heteroatoms. The molecular weight excluding hydrogens is 991 g/mol. The minimum Gasteiger partial charge on any atom is -0.466 e. The van der Waals surface area contributed by atoms with E-state index in [2.05, 4.69) is 31.3 Å². The van der Waals surface area contributed by atoms with Crippen molar-refractivity contribution in [3.8, 4) is 0 Å². The number of carbonyl (C=O) groups is 2. The van der Waals surface area contributed by atoms with Gasteiger partial charge in [0.05, 0.1) is 32.0 Å². The van der Waals surface area contributed by atoms with E-state index in [1.54, 1.807) is 6.08 Å². The van der Waals surface area contributed by atoms with Gasteiger partial charge in [0.25, 0.3) is 0 Å². The largest absolute Gasteiger partial charge is 0.466 e. The molecule has 466 valence electrons. The lowest BCUT2D eigenvalue weighted by Gasteiger charge is -2.40. The molecule has 0 saturated carbocycles. The van der Waals surface area contributed by atoms with Crippen LogP contribution in [0.2, 0.25) is 0 Å². The third-order valence-corrected chi connectivity index (χ3v) is 16.3. The topological polar surface area (TPSA) is 175 Å². The Balaban J connectivity index is 1.99. The van der Waals surface area contributed by atoms with Gasteiger partial charge in [-0.3, -0.25) is 9.59 Å².